The number of nitrogens with one attached hydrogen (secondary N) is 2. The molecule has 2 N–H and O–H groups in total. The van der Waals surface area contributed by atoms with Crippen molar-refractivity contribution in [3.8, 4) is 23.0 Å². The smallest absolute Gasteiger partial charge is 0.167 e. The molecule has 14 nitrogen and oxygen atoms in total. The van der Waals surface area contributed by atoms with E-state index in [0.29, 0.717) is 86.2 Å². The van der Waals surface area contributed by atoms with Crippen molar-refractivity contribution in [1.82, 2.24) is 39.0 Å². The fraction of sp³-hybridized carbons (Fsp3) is 0.190. The molecule has 0 aliphatic heterocycles. The fourth-order valence-corrected chi connectivity index (χ4v) is 7.05. The van der Waals surface area contributed by atoms with Gasteiger partial charge >= 0.3 is 0 Å². The number of aryl methyl sites for hydroxylation is 2. The van der Waals surface area contributed by atoms with Crippen LogP contribution in [-0.4, -0.2) is 72.2 Å². The van der Waals surface area contributed by atoms with Crippen LogP contribution in [0.15, 0.2) is 103 Å². The summed E-state index contributed by atoms with van der Waals surface area (Å²) in [5.74, 6) is 3.76. The Morgan fingerprint density at radius 2 is 1.20 bits per heavy atom. The Kier molecular flexibility index (Phi) is 13.8. The first-order chi connectivity index (χ1) is 29.6. The van der Waals surface area contributed by atoms with Crippen molar-refractivity contribution < 1.29 is 27.7 Å². The molecule has 0 amide bonds. The Labute approximate surface area is 363 Å². The van der Waals surface area contributed by atoms with Crippen molar-refractivity contribution >= 4 is 79.8 Å². The van der Waals surface area contributed by atoms with Crippen LogP contribution in [0.5, 0.6) is 23.0 Å². The van der Waals surface area contributed by atoms with Gasteiger partial charge < -0.3 is 38.7 Å². The number of imidazole rings is 2. The van der Waals surface area contributed by atoms with E-state index in [4.69, 9.17) is 42.1 Å². The van der Waals surface area contributed by atoms with Crippen LogP contribution in [0.1, 0.15) is 5.82 Å². The van der Waals surface area contributed by atoms with Gasteiger partial charge in [0.15, 0.2) is 28.2 Å². The summed E-state index contributed by atoms with van der Waals surface area (Å²) >= 11 is 13.3. The van der Waals surface area contributed by atoms with Crippen molar-refractivity contribution in [3.63, 3.8) is 0 Å². The van der Waals surface area contributed by atoms with Gasteiger partial charge in [-0.2, -0.15) is 0 Å². The standard InChI is InChI=1S/C21H19ClFN5O2S.C21H19ClFN5O2/c1-28-6-5-24-21(28)31-8-7-30-19-11-17-14(10-18(19)29-2)20(26-12-25-17)27-16-4-3-13(22)9-15(16)23;1-13-24-5-6-28(13)7-8-30-20-11-18-15(10-19(20)29-2)21(26-12-25-18)27-17-4-3-14(22)9-16(17)23/h3-6,9-12H,7-8H2,1-2H3,(H,25,26,27);3-6,9-12H,7-8H2,1-2H3,(H,25,26,27). The van der Waals surface area contributed by atoms with Crippen LogP contribution >= 0.6 is 35.0 Å². The molecule has 0 atom stereocenters. The third kappa shape index (κ3) is 10.5. The van der Waals surface area contributed by atoms with E-state index in [-0.39, 0.29) is 11.4 Å². The third-order valence-electron chi connectivity index (χ3n) is 9.07. The van der Waals surface area contributed by atoms with E-state index in [2.05, 4.69) is 40.5 Å². The van der Waals surface area contributed by atoms with Crippen LogP contribution in [0.2, 0.25) is 10.0 Å². The molecule has 4 aromatic carbocycles. The summed E-state index contributed by atoms with van der Waals surface area (Å²) in [6, 6.07) is 15.9. The van der Waals surface area contributed by atoms with Crippen LogP contribution in [0.3, 0.4) is 0 Å². The summed E-state index contributed by atoms with van der Waals surface area (Å²) in [6.45, 7) is 3.49. The SMILES string of the molecule is COc1cc2c(Nc3ccc(Cl)cc3F)ncnc2cc1OCCSc1nccn1C.COc1cc2c(Nc3ccc(Cl)cc3F)ncnc2cc1OCCn1ccnc1C. The molecule has 0 unspecified atom stereocenters. The van der Waals surface area contributed by atoms with Crippen LogP contribution in [0, 0.1) is 18.6 Å². The first-order valence-corrected chi connectivity index (χ1v) is 20.3. The number of benzene rings is 4. The summed E-state index contributed by atoms with van der Waals surface area (Å²) in [5.41, 5.74) is 1.79. The zero-order chi connectivity index (χ0) is 42.9. The minimum Gasteiger partial charge on any atom is -0.493 e. The van der Waals surface area contributed by atoms with E-state index < -0.39 is 11.6 Å². The van der Waals surface area contributed by atoms with Crippen molar-refractivity contribution in [3.05, 3.63) is 126 Å². The molecular weight excluding hydrogens is 849 g/mol. The molecule has 0 saturated heterocycles. The topological polar surface area (TPSA) is 148 Å². The Bertz CT molecular complexity index is 2790. The van der Waals surface area contributed by atoms with Gasteiger partial charge in [0.05, 0.1) is 49.8 Å². The molecule has 0 saturated carbocycles. The Morgan fingerprint density at radius 3 is 1.67 bits per heavy atom. The first-order valence-electron chi connectivity index (χ1n) is 18.5. The summed E-state index contributed by atoms with van der Waals surface area (Å²) in [7, 11) is 5.07. The summed E-state index contributed by atoms with van der Waals surface area (Å²) in [5, 5.41) is 8.88. The number of hydrogen-bond donors (Lipinski definition) is 2. The number of halogens is 4. The van der Waals surface area contributed by atoms with Gasteiger partial charge in [0.1, 0.15) is 48.4 Å². The predicted molar refractivity (Wildman–Crippen MR) is 233 cm³/mol. The highest BCUT2D eigenvalue weighted by Crippen LogP contribution is 2.37. The second-order valence-corrected chi connectivity index (χ2v) is 15.0. The van der Waals surface area contributed by atoms with E-state index in [0.717, 1.165) is 16.7 Å². The van der Waals surface area contributed by atoms with Crippen LogP contribution in [-0.2, 0) is 13.6 Å². The lowest BCUT2D eigenvalue weighted by atomic mass is 10.2. The largest absolute Gasteiger partial charge is 0.493 e. The van der Waals surface area contributed by atoms with Crippen molar-refractivity contribution in [2.75, 3.05) is 43.8 Å². The molecule has 0 spiro atoms. The van der Waals surface area contributed by atoms with Crippen LogP contribution in [0.25, 0.3) is 21.8 Å². The maximum atomic E-state index is 14.2. The van der Waals surface area contributed by atoms with E-state index >= 15 is 0 Å². The summed E-state index contributed by atoms with van der Waals surface area (Å²) < 4.78 is 55.2. The molecule has 19 heteroatoms. The van der Waals surface area contributed by atoms with Gasteiger partial charge in [-0.25, -0.2) is 38.7 Å². The van der Waals surface area contributed by atoms with Gasteiger partial charge in [-0.05, 0) is 55.5 Å². The quantitative estimate of drug-likeness (QED) is 0.0744. The molecule has 0 bridgehead atoms. The van der Waals surface area contributed by atoms with Gasteiger partial charge in [-0.1, -0.05) is 35.0 Å². The lowest BCUT2D eigenvalue weighted by molar-refractivity contribution is 0.279. The summed E-state index contributed by atoms with van der Waals surface area (Å²) in [4.78, 5) is 25.6. The predicted octanol–water partition coefficient (Wildman–Crippen LogP) is 9.84. The molecular formula is C42H38Cl2F2N10O4S. The minimum absolute atomic E-state index is 0.259. The van der Waals surface area contributed by atoms with Gasteiger partial charge in [-0.15, -0.1) is 0 Å². The number of fused-ring (bicyclic) bond motifs is 2. The van der Waals surface area contributed by atoms with Gasteiger partial charge in [-0.3, -0.25) is 0 Å². The van der Waals surface area contributed by atoms with Crippen LogP contribution < -0.4 is 29.6 Å². The van der Waals surface area contributed by atoms with E-state index in [9.17, 15) is 8.78 Å². The Hall–Kier alpha value is -6.43. The van der Waals surface area contributed by atoms with Crippen LogP contribution in [0.4, 0.5) is 31.8 Å². The number of nitrogens with zero attached hydrogens (tertiary/aromatic N) is 8. The van der Waals surface area contributed by atoms with E-state index in [1.54, 1.807) is 86.9 Å². The fourth-order valence-electron chi connectivity index (χ4n) is 5.98. The summed E-state index contributed by atoms with van der Waals surface area (Å²) in [6.07, 6.45) is 10.1. The number of thioether (sulfide) groups is 1. The Morgan fingerprint density at radius 1 is 0.656 bits per heavy atom. The monoisotopic (exact) mass is 886 g/mol. The van der Waals surface area contributed by atoms with Gasteiger partial charge in [0, 0.05) is 70.5 Å². The molecule has 61 heavy (non-hydrogen) atoms. The number of anilines is 4. The maximum absolute atomic E-state index is 14.2. The lowest BCUT2D eigenvalue weighted by Crippen LogP contribution is -2.09. The molecule has 4 aromatic heterocycles. The normalized spacial score (nSPS) is 11.0. The molecule has 8 rings (SSSR count). The molecule has 4 heterocycles. The molecule has 314 valence electrons. The number of rotatable bonds is 15. The molecule has 0 aliphatic carbocycles. The van der Waals surface area contributed by atoms with Crippen molar-refractivity contribution in [2.45, 2.75) is 18.6 Å². The van der Waals surface area contributed by atoms with Crippen molar-refractivity contribution in [1.29, 1.82) is 0 Å². The number of hydrogen-bond acceptors (Lipinski definition) is 13. The first kappa shape index (κ1) is 42.7. The lowest BCUT2D eigenvalue weighted by Gasteiger charge is -2.14. The highest BCUT2D eigenvalue weighted by Gasteiger charge is 2.16. The average Bonchev–Trinajstić information content (AvgIpc) is 3.87. The Balaban J connectivity index is 0.000000184. The average molecular weight is 888 g/mol. The highest BCUT2D eigenvalue weighted by molar-refractivity contribution is 7.99. The van der Waals surface area contributed by atoms with E-state index in [1.165, 1.54) is 24.8 Å². The molecule has 0 radical (unpaired) electrons. The second kappa shape index (κ2) is 19.8. The number of ether oxygens (including phenoxy) is 4. The van der Waals surface area contributed by atoms with Crippen molar-refractivity contribution in [2.24, 2.45) is 7.05 Å². The maximum Gasteiger partial charge on any atom is 0.167 e. The number of aromatic nitrogens is 8. The van der Waals surface area contributed by atoms with E-state index in [1.807, 2.05) is 35.5 Å². The van der Waals surface area contributed by atoms with Gasteiger partial charge in [0.25, 0.3) is 0 Å². The molecule has 0 fully saturated rings. The number of methoxy groups -OCH3 is 2. The minimum atomic E-state index is -0.476. The molecule has 8 aromatic rings. The molecule has 0 aliphatic rings. The third-order valence-corrected chi connectivity index (χ3v) is 10.6. The second-order valence-electron chi connectivity index (χ2n) is 13.0. The highest BCUT2D eigenvalue weighted by atomic mass is 35.5. The zero-order valence-corrected chi connectivity index (χ0v) is 35.5. The van der Waals surface area contributed by atoms with Gasteiger partial charge in [0.2, 0.25) is 0 Å². The zero-order valence-electron chi connectivity index (χ0n) is 33.2.